The Kier molecular flexibility index (Phi) is 6.31. The van der Waals surface area contributed by atoms with Crippen LogP contribution in [0.25, 0.3) is 0 Å². The molecule has 0 aromatic carbocycles. The van der Waals surface area contributed by atoms with E-state index in [1.165, 1.54) is 0 Å². The molecular formula is C12H15Cl2NO4. The Bertz CT molecular complexity index is 396. The number of carboxylic acid groups (broad SMARTS) is 1. The number of hydrogen-bond donors (Lipinski definition) is 1. The first-order chi connectivity index (χ1) is 8.95. The van der Waals surface area contributed by atoms with Gasteiger partial charge in [0, 0.05) is 13.0 Å². The number of rotatable bonds is 8. The lowest BCUT2D eigenvalue weighted by Gasteiger charge is -2.13. The van der Waals surface area contributed by atoms with Crippen LogP contribution in [-0.4, -0.2) is 34.3 Å². The van der Waals surface area contributed by atoms with Crippen LogP contribution in [-0.2, 0) is 14.4 Å². The van der Waals surface area contributed by atoms with Gasteiger partial charge in [-0.3, -0.25) is 19.3 Å². The van der Waals surface area contributed by atoms with Crippen molar-refractivity contribution in [2.45, 2.75) is 38.5 Å². The fourth-order valence-corrected chi connectivity index (χ4v) is 2.16. The van der Waals surface area contributed by atoms with Gasteiger partial charge in [-0.2, -0.15) is 0 Å². The third-order valence-electron chi connectivity index (χ3n) is 2.83. The van der Waals surface area contributed by atoms with Gasteiger partial charge in [0.05, 0.1) is 0 Å². The monoisotopic (exact) mass is 307 g/mol. The second-order valence-corrected chi connectivity index (χ2v) is 5.06. The summed E-state index contributed by atoms with van der Waals surface area (Å²) >= 11 is 11.2. The van der Waals surface area contributed by atoms with Crippen LogP contribution in [0.1, 0.15) is 38.5 Å². The Labute approximate surface area is 121 Å². The first kappa shape index (κ1) is 16.0. The number of hydrogen-bond acceptors (Lipinski definition) is 3. The van der Waals surface area contributed by atoms with E-state index in [0.29, 0.717) is 19.4 Å². The predicted molar refractivity (Wildman–Crippen MR) is 70.8 cm³/mol. The molecule has 1 rings (SSSR count). The second kappa shape index (κ2) is 7.50. The number of carbonyl (C=O) groups is 3. The molecule has 19 heavy (non-hydrogen) atoms. The summed E-state index contributed by atoms with van der Waals surface area (Å²) in [6, 6.07) is 0. The molecule has 1 heterocycles. The first-order valence-electron chi connectivity index (χ1n) is 6.08. The molecule has 1 aliphatic rings. The number of imide groups is 1. The summed E-state index contributed by atoms with van der Waals surface area (Å²) in [5.41, 5.74) is 0. The highest BCUT2D eigenvalue weighted by Crippen LogP contribution is 2.26. The van der Waals surface area contributed by atoms with Crippen molar-refractivity contribution in [1.82, 2.24) is 4.90 Å². The zero-order chi connectivity index (χ0) is 14.4. The van der Waals surface area contributed by atoms with Crippen molar-refractivity contribution >= 4 is 41.0 Å². The zero-order valence-corrected chi connectivity index (χ0v) is 11.8. The minimum atomic E-state index is -0.788. The summed E-state index contributed by atoms with van der Waals surface area (Å²) in [4.78, 5) is 34.4. The quantitative estimate of drug-likeness (QED) is 0.552. The summed E-state index contributed by atoms with van der Waals surface area (Å²) in [7, 11) is 0. The molecular weight excluding hydrogens is 293 g/mol. The minimum Gasteiger partial charge on any atom is -0.481 e. The van der Waals surface area contributed by atoms with Crippen molar-refractivity contribution in [3.05, 3.63) is 10.1 Å². The van der Waals surface area contributed by atoms with Crippen molar-refractivity contribution in [3.8, 4) is 0 Å². The van der Waals surface area contributed by atoms with Crippen LogP contribution < -0.4 is 0 Å². The van der Waals surface area contributed by atoms with Crippen LogP contribution in [0.4, 0.5) is 0 Å². The number of amides is 2. The van der Waals surface area contributed by atoms with Gasteiger partial charge in [-0.25, -0.2) is 0 Å². The maximum atomic E-state index is 11.5. The summed E-state index contributed by atoms with van der Waals surface area (Å²) in [6.07, 6.45) is 4.02. The minimum absolute atomic E-state index is 0.179. The number of carbonyl (C=O) groups excluding carboxylic acids is 2. The Morgan fingerprint density at radius 3 is 1.95 bits per heavy atom. The predicted octanol–water partition coefficient (Wildman–Crippen LogP) is 2.47. The number of aliphatic carboxylic acids is 1. The van der Waals surface area contributed by atoms with Gasteiger partial charge in [-0.05, 0) is 12.8 Å². The average molecular weight is 308 g/mol. The van der Waals surface area contributed by atoms with Gasteiger partial charge in [0.25, 0.3) is 11.8 Å². The molecule has 1 aliphatic heterocycles. The molecule has 106 valence electrons. The number of nitrogens with zero attached hydrogens (tertiary/aromatic N) is 1. The lowest BCUT2D eigenvalue weighted by Crippen LogP contribution is -2.32. The normalized spacial score (nSPS) is 15.6. The van der Waals surface area contributed by atoms with Crippen molar-refractivity contribution in [3.63, 3.8) is 0 Å². The Balaban J connectivity index is 2.16. The van der Waals surface area contributed by atoms with Crippen LogP contribution in [0.15, 0.2) is 10.1 Å². The number of carboxylic acids is 1. The summed E-state index contributed by atoms with van der Waals surface area (Å²) in [5, 5.41) is 8.03. The smallest absolute Gasteiger partial charge is 0.303 e. The van der Waals surface area contributed by atoms with Crippen LogP contribution >= 0.6 is 23.2 Å². The maximum absolute atomic E-state index is 11.5. The van der Waals surface area contributed by atoms with Crippen LogP contribution in [0.5, 0.6) is 0 Å². The van der Waals surface area contributed by atoms with E-state index in [2.05, 4.69) is 0 Å². The van der Waals surface area contributed by atoms with E-state index in [-0.39, 0.29) is 16.5 Å². The number of halogens is 2. The first-order valence-corrected chi connectivity index (χ1v) is 6.84. The molecule has 0 aliphatic carbocycles. The number of unbranched alkanes of at least 4 members (excludes halogenated alkanes) is 4. The fraction of sp³-hybridized carbons (Fsp3) is 0.583. The third kappa shape index (κ3) is 4.51. The largest absolute Gasteiger partial charge is 0.481 e. The van der Waals surface area contributed by atoms with Crippen LogP contribution in [0.2, 0.25) is 0 Å². The Morgan fingerprint density at radius 1 is 0.947 bits per heavy atom. The maximum Gasteiger partial charge on any atom is 0.303 e. The third-order valence-corrected chi connectivity index (χ3v) is 3.63. The van der Waals surface area contributed by atoms with Gasteiger partial charge in [-0.1, -0.05) is 42.5 Å². The standard InChI is InChI=1S/C12H15Cl2NO4/c13-9-10(14)12(19)15(11(9)18)7-5-3-1-2-4-6-8(16)17/h1-7H2,(H,16,17). The van der Waals surface area contributed by atoms with E-state index in [1.807, 2.05) is 0 Å². The molecule has 0 saturated heterocycles. The molecule has 0 bridgehead atoms. The highest BCUT2D eigenvalue weighted by molar-refractivity contribution is 6.58. The lowest BCUT2D eigenvalue weighted by atomic mass is 10.1. The molecule has 0 atom stereocenters. The topological polar surface area (TPSA) is 74.7 Å². The van der Waals surface area contributed by atoms with Crippen molar-refractivity contribution < 1.29 is 19.5 Å². The van der Waals surface area contributed by atoms with Gasteiger partial charge in [-0.15, -0.1) is 0 Å². The van der Waals surface area contributed by atoms with E-state index in [1.54, 1.807) is 0 Å². The highest BCUT2D eigenvalue weighted by atomic mass is 35.5. The second-order valence-electron chi connectivity index (χ2n) is 4.30. The highest BCUT2D eigenvalue weighted by Gasteiger charge is 2.35. The van der Waals surface area contributed by atoms with Gasteiger partial charge >= 0.3 is 5.97 Å². The molecule has 0 aromatic heterocycles. The molecule has 0 unspecified atom stereocenters. The van der Waals surface area contributed by atoms with E-state index < -0.39 is 17.8 Å². The van der Waals surface area contributed by atoms with Gasteiger partial charge < -0.3 is 5.11 Å². The molecule has 0 fully saturated rings. The summed E-state index contributed by atoms with van der Waals surface area (Å²) in [6.45, 7) is 0.295. The van der Waals surface area contributed by atoms with E-state index >= 15 is 0 Å². The van der Waals surface area contributed by atoms with Crippen molar-refractivity contribution in [2.75, 3.05) is 6.54 Å². The molecule has 5 nitrogen and oxygen atoms in total. The molecule has 0 saturated carbocycles. The Hall–Kier alpha value is -1.07. The molecule has 0 aromatic rings. The van der Waals surface area contributed by atoms with Gasteiger partial charge in [0.15, 0.2) is 0 Å². The molecule has 2 amide bonds. The summed E-state index contributed by atoms with van der Waals surface area (Å²) < 4.78 is 0. The van der Waals surface area contributed by atoms with E-state index in [4.69, 9.17) is 28.3 Å². The van der Waals surface area contributed by atoms with E-state index in [9.17, 15) is 14.4 Å². The zero-order valence-electron chi connectivity index (χ0n) is 10.3. The van der Waals surface area contributed by atoms with Crippen molar-refractivity contribution in [2.24, 2.45) is 0 Å². The Morgan fingerprint density at radius 2 is 1.42 bits per heavy atom. The van der Waals surface area contributed by atoms with Crippen molar-refractivity contribution in [1.29, 1.82) is 0 Å². The molecule has 0 radical (unpaired) electrons. The summed E-state index contributed by atoms with van der Waals surface area (Å²) in [5.74, 6) is -1.87. The average Bonchev–Trinajstić information content (AvgIpc) is 2.54. The van der Waals surface area contributed by atoms with E-state index in [0.717, 1.165) is 24.2 Å². The van der Waals surface area contributed by atoms with Gasteiger partial charge in [0.2, 0.25) is 0 Å². The SMILES string of the molecule is O=C(O)CCCCCCCN1C(=O)C(Cl)=C(Cl)C1=O. The molecule has 0 spiro atoms. The fourth-order valence-electron chi connectivity index (χ4n) is 1.80. The van der Waals surface area contributed by atoms with Gasteiger partial charge in [0.1, 0.15) is 10.1 Å². The lowest BCUT2D eigenvalue weighted by molar-refractivity contribution is -0.138. The van der Waals surface area contributed by atoms with Crippen LogP contribution in [0.3, 0.4) is 0 Å². The molecule has 7 heteroatoms. The van der Waals surface area contributed by atoms with Crippen LogP contribution in [0, 0.1) is 0 Å². The molecule has 1 N–H and O–H groups in total.